The maximum atomic E-state index is 9.54. The Morgan fingerprint density at radius 1 is 1.50 bits per heavy atom. The minimum atomic E-state index is -0.222. The van der Waals surface area contributed by atoms with Crippen molar-refractivity contribution >= 4 is 23.2 Å². The predicted octanol–water partition coefficient (Wildman–Crippen LogP) is 3.27. The molecule has 0 aromatic heterocycles. The average molecular weight is 261 g/mol. The van der Waals surface area contributed by atoms with Crippen molar-refractivity contribution in [3.05, 3.63) is 27.7 Å². The molecule has 1 fully saturated rings. The lowest BCUT2D eigenvalue weighted by molar-refractivity contribution is 0.243. The Morgan fingerprint density at radius 3 is 2.56 bits per heavy atom. The van der Waals surface area contributed by atoms with Crippen LogP contribution >= 0.6 is 23.2 Å². The van der Waals surface area contributed by atoms with Crippen LogP contribution in [0.4, 0.5) is 0 Å². The first-order valence-electron chi connectivity index (χ1n) is 5.19. The Kier molecular flexibility index (Phi) is 3.08. The molecule has 0 amide bonds. The molecule has 1 N–H and O–H groups in total. The Bertz CT molecular complexity index is 416. The van der Waals surface area contributed by atoms with Crippen LogP contribution in [0, 0.1) is 5.92 Å². The van der Waals surface area contributed by atoms with E-state index >= 15 is 0 Å². The molecule has 0 radical (unpaired) electrons. The summed E-state index contributed by atoms with van der Waals surface area (Å²) in [4.78, 5) is 0. The van der Waals surface area contributed by atoms with Gasteiger partial charge in [-0.25, -0.2) is 0 Å². The van der Waals surface area contributed by atoms with Gasteiger partial charge in [-0.15, -0.1) is 0 Å². The highest BCUT2D eigenvalue weighted by atomic mass is 35.5. The predicted molar refractivity (Wildman–Crippen MR) is 65.6 cm³/mol. The molecule has 88 valence electrons. The Labute approximate surface area is 105 Å². The van der Waals surface area contributed by atoms with Gasteiger partial charge in [-0.05, 0) is 24.5 Å². The molecule has 0 aliphatic heterocycles. The van der Waals surface area contributed by atoms with Gasteiger partial charge in [0.1, 0.15) is 5.75 Å². The number of aliphatic hydroxyl groups excluding tert-OH is 1. The summed E-state index contributed by atoms with van der Waals surface area (Å²) in [7, 11) is 1.58. The number of hydrogen-bond donors (Lipinski definition) is 1. The van der Waals surface area contributed by atoms with Crippen molar-refractivity contribution in [1.29, 1.82) is 0 Å². The van der Waals surface area contributed by atoms with Crippen molar-refractivity contribution < 1.29 is 9.84 Å². The van der Waals surface area contributed by atoms with Crippen LogP contribution < -0.4 is 4.74 Å². The highest BCUT2D eigenvalue weighted by Crippen LogP contribution is 2.57. The maximum Gasteiger partial charge on any atom is 0.141 e. The van der Waals surface area contributed by atoms with Crippen LogP contribution in [0.15, 0.2) is 12.1 Å². The Morgan fingerprint density at radius 2 is 2.12 bits per heavy atom. The van der Waals surface area contributed by atoms with E-state index in [1.807, 2.05) is 6.07 Å². The molecular formula is C12H14Cl2O2. The molecule has 0 spiro atoms. The topological polar surface area (TPSA) is 29.5 Å². The average Bonchev–Trinajstić information content (AvgIpc) is 2.89. The molecule has 0 bridgehead atoms. The molecule has 2 rings (SSSR count). The van der Waals surface area contributed by atoms with Crippen LogP contribution in [0.1, 0.15) is 18.9 Å². The SMILES string of the molecule is COc1c(Cl)cc(Cl)cc1C1(CO)CC1C. The number of hydrogen-bond acceptors (Lipinski definition) is 2. The van der Waals surface area contributed by atoms with Crippen molar-refractivity contribution in [2.45, 2.75) is 18.8 Å². The zero-order valence-electron chi connectivity index (χ0n) is 9.26. The third-order valence-corrected chi connectivity index (χ3v) is 3.98. The minimum absolute atomic E-state index is 0.0984. The van der Waals surface area contributed by atoms with Gasteiger partial charge >= 0.3 is 0 Å². The van der Waals surface area contributed by atoms with E-state index in [9.17, 15) is 5.11 Å². The Hall–Kier alpha value is -0.440. The fourth-order valence-corrected chi connectivity index (χ4v) is 2.88. The van der Waals surface area contributed by atoms with E-state index in [0.717, 1.165) is 12.0 Å². The van der Waals surface area contributed by atoms with Gasteiger partial charge in [-0.2, -0.15) is 0 Å². The summed E-state index contributed by atoms with van der Waals surface area (Å²) in [6.45, 7) is 2.20. The molecule has 2 nitrogen and oxygen atoms in total. The van der Waals surface area contributed by atoms with Gasteiger partial charge in [-0.1, -0.05) is 30.1 Å². The highest BCUT2D eigenvalue weighted by Gasteiger charge is 2.53. The highest BCUT2D eigenvalue weighted by molar-refractivity contribution is 6.35. The summed E-state index contributed by atoms with van der Waals surface area (Å²) >= 11 is 12.1. The molecule has 1 saturated carbocycles. The van der Waals surface area contributed by atoms with E-state index in [1.54, 1.807) is 13.2 Å². The van der Waals surface area contributed by atoms with E-state index in [2.05, 4.69) is 6.92 Å². The zero-order chi connectivity index (χ0) is 11.9. The van der Waals surface area contributed by atoms with Gasteiger partial charge in [0, 0.05) is 16.0 Å². The second-order valence-corrected chi connectivity index (χ2v) is 5.23. The van der Waals surface area contributed by atoms with Gasteiger partial charge in [0.05, 0.1) is 18.7 Å². The van der Waals surface area contributed by atoms with E-state index in [-0.39, 0.29) is 12.0 Å². The van der Waals surface area contributed by atoms with E-state index < -0.39 is 0 Å². The van der Waals surface area contributed by atoms with Gasteiger partial charge in [0.25, 0.3) is 0 Å². The molecule has 1 aliphatic rings. The normalized spacial score (nSPS) is 27.9. The summed E-state index contributed by atoms with van der Waals surface area (Å²) in [5.41, 5.74) is 0.697. The van der Waals surface area contributed by atoms with Gasteiger partial charge in [0.15, 0.2) is 0 Å². The van der Waals surface area contributed by atoms with Crippen LogP contribution in [-0.2, 0) is 5.41 Å². The molecule has 2 atom stereocenters. The molecule has 1 aliphatic carbocycles. The number of benzene rings is 1. The second-order valence-electron chi connectivity index (χ2n) is 4.39. The quantitative estimate of drug-likeness (QED) is 0.904. The molecule has 16 heavy (non-hydrogen) atoms. The maximum absolute atomic E-state index is 9.54. The summed E-state index contributed by atoms with van der Waals surface area (Å²) in [5.74, 6) is 1.06. The van der Waals surface area contributed by atoms with Gasteiger partial charge < -0.3 is 9.84 Å². The number of methoxy groups -OCH3 is 1. The summed E-state index contributed by atoms with van der Waals surface area (Å²) < 4.78 is 5.31. The van der Waals surface area contributed by atoms with Crippen molar-refractivity contribution in [2.75, 3.05) is 13.7 Å². The lowest BCUT2D eigenvalue weighted by atomic mass is 9.93. The minimum Gasteiger partial charge on any atom is -0.495 e. The van der Waals surface area contributed by atoms with E-state index in [1.165, 1.54) is 0 Å². The fraction of sp³-hybridized carbons (Fsp3) is 0.500. The third-order valence-electron chi connectivity index (χ3n) is 3.48. The van der Waals surface area contributed by atoms with Crippen molar-refractivity contribution in [3.63, 3.8) is 0 Å². The molecule has 1 aromatic carbocycles. The van der Waals surface area contributed by atoms with E-state index in [4.69, 9.17) is 27.9 Å². The standard InChI is InChI=1S/C12H14Cl2O2/c1-7-5-12(7,6-15)9-3-8(13)4-10(14)11(9)16-2/h3-4,7,15H,5-6H2,1-2H3. The smallest absolute Gasteiger partial charge is 0.141 e. The van der Waals surface area contributed by atoms with Crippen molar-refractivity contribution in [2.24, 2.45) is 5.92 Å². The number of ether oxygens (including phenoxy) is 1. The van der Waals surface area contributed by atoms with Crippen LogP contribution in [-0.4, -0.2) is 18.8 Å². The molecular weight excluding hydrogens is 247 g/mol. The van der Waals surface area contributed by atoms with Gasteiger partial charge in [0.2, 0.25) is 0 Å². The second kappa shape index (κ2) is 4.10. The Balaban J connectivity index is 2.55. The zero-order valence-corrected chi connectivity index (χ0v) is 10.8. The monoisotopic (exact) mass is 260 g/mol. The van der Waals surface area contributed by atoms with Crippen LogP contribution in [0.3, 0.4) is 0 Å². The van der Waals surface area contributed by atoms with Crippen molar-refractivity contribution in [3.8, 4) is 5.75 Å². The summed E-state index contributed by atoms with van der Waals surface area (Å²) in [5, 5.41) is 10.6. The number of rotatable bonds is 3. The van der Waals surface area contributed by atoms with Crippen LogP contribution in [0.2, 0.25) is 10.0 Å². The number of aliphatic hydroxyl groups is 1. The molecule has 1 aromatic rings. The first kappa shape index (κ1) is 12.0. The van der Waals surface area contributed by atoms with Gasteiger partial charge in [-0.3, -0.25) is 0 Å². The lowest BCUT2D eigenvalue weighted by Crippen LogP contribution is -2.16. The largest absolute Gasteiger partial charge is 0.495 e. The molecule has 4 heteroatoms. The molecule has 0 heterocycles. The molecule has 2 unspecified atom stereocenters. The summed E-state index contributed by atoms with van der Waals surface area (Å²) in [6.07, 6.45) is 0.941. The lowest BCUT2D eigenvalue weighted by Gasteiger charge is -2.19. The third kappa shape index (κ3) is 1.69. The fourth-order valence-electron chi connectivity index (χ4n) is 2.31. The van der Waals surface area contributed by atoms with Crippen LogP contribution in [0.5, 0.6) is 5.75 Å². The summed E-state index contributed by atoms with van der Waals surface area (Å²) in [6, 6.07) is 3.50. The number of halogens is 2. The van der Waals surface area contributed by atoms with E-state index in [0.29, 0.717) is 21.7 Å². The van der Waals surface area contributed by atoms with Crippen molar-refractivity contribution in [1.82, 2.24) is 0 Å². The van der Waals surface area contributed by atoms with Crippen LogP contribution in [0.25, 0.3) is 0 Å². The first-order chi connectivity index (χ1) is 7.55. The molecule has 0 saturated heterocycles. The first-order valence-corrected chi connectivity index (χ1v) is 5.95.